The third kappa shape index (κ3) is 3.72. The summed E-state index contributed by atoms with van der Waals surface area (Å²) >= 11 is 0. The van der Waals surface area contributed by atoms with Gasteiger partial charge in [0.15, 0.2) is 0 Å². The lowest BCUT2D eigenvalue weighted by molar-refractivity contribution is 0.195. The van der Waals surface area contributed by atoms with Gasteiger partial charge in [-0.3, -0.25) is 0 Å². The van der Waals surface area contributed by atoms with Crippen LogP contribution in [0, 0.1) is 11.8 Å². The predicted molar refractivity (Wildman–Crippen MR) is 81.4 cm³/mol. The Morgan fingerprint density at radius 3 is 2.63 bits per heavy atom. The van der Waals surface area contributed by atoms with Gasteiger partial charge in [0.25, 0.3) is 0 Å². The van der Waals surface area contributed by atoms with Crippen molar-refractivity contribution in [2.45, 2.75) is 70.3 Å². The zero-order chi connectivity index (χ0) is 13.1. The van der Waals surface area contributed by atoms with Crippen molar-refractivity contribution in [1.82, 2.24) is 10.2 Å². The first-order chi connectivity index (χ1) is 9.26. The highest BCUT2D eigenvalue weighted by molar-refractivity contribution is 5.00. The third-order valence-electron chi connectivity index (χ3n) is 5.77. The van der Waals surface area contributed by atoms with E-state index in [9.17, 15) is 0 Å². The van der Waals surface area contributed by atoms with Crippen molar-refractivity contribution >= 4 is 0 Å². The van der Waals surface area contributed by atoms with Crippen LogP contribution in [0.4, 0.5) is 0 Å². The fourth-order valence-electron chi connectivity index (χ4n) is 4.36. The summed E-state index contributed by atoms with van der Waals surface area (Å²) in [5, 5.41) is 3.84. The molecule has 0 aromatic heterocycles. The second kappa shape index (κ2) is 6.13. The molecule has 2 nitrogen and oxygen atoms in total. The Labute approximate surface area is 119 Å². The van der Waals surface area contributed by atoms with Crippen LogP contribution in [0.25, 0.3) is 0 Å². The van der Waals surface area contributed by atoms with Gasteiger partial charge in [-0.15, -0.1) is 0 Å². The summed E-state index contributed by atoms with van der Waals surface area (Å²) < 4.78 is 0. The number of nitrogens with one attached hydrogen (secondary N) is 1. The van der Waals surface area contributed by atoms with E-state index >= 15 is 0 Å². The fourth-order valence-corrected chi connectivity index (χ4v) is 4.36. The Kier molecular flexibility index (Phi) is 4.48. The summed E-state index contributed by atoms with van der Waals surface area (Å²) in [7, 11) is 0. The largest absolute Gasteiger partial charge is 0.310 e. The summed E-state index contributed by atoms with van der Waals surface area (Å²) in [6.07, 6.45) is 13.2. The van der Waals surface area contributed by atoms with Gasteiger partial charge in [-0.05, 0) is 70.5 Å². The van der Waals surface area contributed by atoms with Crippen molar-refractivity contribution in [3.8, 4) is 0 Å². The first-order valence-electron chi connectivity index (χ1n) is 8.74. The van der Waals surface area contributed by atoms with E-state index in [1.165, 1.54) is 84.0 Å². The molecule has 1 aliphatic heterocycles. The van der Waals surface area contributed by atoms with Crippen LogP contribution < -0.4 is 5.32 Å². The standard InChI is InChI=1S/C17H32N2/c1-17(16-9-10-16)14-19(13-5-11-18-17)12-4-8-15-6-2-3-7-15/h15-16,18H,2-14H2,1H3. The molecule has 0 aromatic carbocycles. The normalized spacial score (nSPS) is 34.6. The third-order valence-corrected chi connectivity index (χ3v) is 5.77. The molecule has 3 fully saturated rings. The van der Waals surface area contributed by atoms with Gasteiger partial charge in [-0.1, -0.05) is 25.7 Å². The molecule has 0 bridgehead atoms. The van der Waals surface area contributed by atoms with Gasteiger partial charge in [-0.2, -0.15) is 0 Å². The molecule has 0 radical (unpaired) electrons. The Morgan fingerprint density at radius 1 is 1.11 bits per heavy atom. The van der Waals surface area contributed by atoms with Crippen LogP contribution in [0.2, 0.25) is 0 Å². The van der Waals surface area contributed by atoms with Crippen molar-refractivity contribution in [2.75, 3.05) is 26.2 Å². The van der Waals surface area contributed by atoms with Gasteiger partial charge in [0.1, 0.15) is 0 Å². The Morgan fingerprint density at radius 2 is 1.89 bits per heavy atom. The zero-order valence-electron chi connectivity index (χ0n) is 12.8. The second-order valence-electron chi connectivity index (χ2n) is 7.54. The minimum Gasteiger partial charge on any atom is -0.310 e. The highest BCUT2D eigenvalue weighted by atomic mass is 15.2. The second-order valence-corrected chi connectivity index (χ2v) is 7.54. The van der Waals surface area contributed by atoms with Gasteiger partial charge in [0, 0.05) is 12.1 Å². The van der Waals surface area contributed by atoms with Crippen LogP contribution >= 0.6 is 0 Å². The molecule has 3 aliphatic rings. The van der Waals surface area contributed by atoms with Gasteiger partial charge in [0.2, 0.25) is 0 Å². The molecule has 1 unspecified atom stereocenters. The molecule has 110 valence electrons. The van der Waals surface area contributed by atoms with E-state index in [4.69, 9.17) is 0 Å². The zero-order valence-corrected chi connectivity index (χ0v) is 12.8. The number of nitrogens with zero attached hydrogens (tertiary/aromatic N) is 1. The van der Waals surface area contributed by atoms with Crippen LogP contribution in [-0.4, -0.2) is 36.6 Å². The molecule has 1 N–H and O–H groups in total. The van der Waals surface area contributed by atoms with Gasteiger partial charge in [-0.25, -0.2) is 0 Å². The molecule has 1 atom stereocenters. The lowest BCUT2D eigenvalue weighted by atomic mass is 9.95. The van der Waals surface area contributed by atoms with Crippen molar-refractivity contribution in [3.63, 3.8) is 0 Å². The maximum Gasteiger partial charge on any atom is 0.0308 e. The molecule has 2 aliphatic carbocycles. The van der Waals surface area contributed by atoms with Crippen LogP contribution in [0.3, 0.4) is 0 Å². The topological polar surface area (TPSA) is 15.3 Å². The molecule has 0 amide bonds. The summed E-state index contributed by atoms with van der Waals surface area (Å²) in [5.41, 5.74) is 0.420. The van der Waals surface area contributed by atoms with Crippen molar-refractivity contribution in [2.24, 2.45) is 11.8 Å². The number of rotatable bonds is 5. The maximum absolute atomic E-state index is 3.84. The fraction of sp³-hybridized carbons (Fsp3) is 1.00. The monoisotopic (exact) mass is 264 g/mol. The van der Waals surface area contributed by atoms with E-state index in [0.29, 0.717) is 5.54 Å². The highest BCUT2D eigenvalue weighted by Crippen LogP contribution is 2.40. The molecule has 2 saturated carbocycles. The summed E-state index contributed by atoms with van der Waals surface area (Å²) in [6, 6.07) is 0. The van der Waals surface area contributed by atoms with Gasteiger partial charge >= 0.3 is 0 Å². The first-order valence-corrected chi connectivity index (χ1v) is 8.74. The Bertz CT molecular complexity index is 281. The molecule has 0 aromatic rings. The SMILES string of the molecule is CC1(C2CC2)CN(CCCC2CCCC2)CCCN1. The van der Waals surface area contributed by atoms with Crippen LogP contribution in [0.1, 0.15) is 64.7 Å². The molecule has 1 heterocycles. The van der Waals surface area contributed by atoms with E-state index in [2.05, 4.69) is 17.1 Å². The molecule has 1 saturated heterocycles. The number of hydrogen-bond donors (Lipinski definition) is 1. The average Bonchev–Trinajstić information content (AvgIpc) is 3.16. The van der Waals surface area contributed by atoms with Crippen molar-refractivity contribution < 1.29 is 0 Å². The molecule has 0 spiro atoms. The minimum absolute atomic E-state index is 0.420. The van der Waals surface area contributed by atoms with Crippen LogP contribution in [0.5, 0.6) is 0 Å². The molecule has 2 heteroatoms. The van der Waals surface area contributed by atoms with E-state index in [1.54, 1.807) is 0 Å². The van der Waals surface area contributed by atoms with E-state index < -0.39 is 0 Å². The minimum atomic E-state index is 0.420. The van der Waals surface area contributed by atoms with E-state index in [1.807, 2.05) is 0 Å². The smallest absolute Gasteiger partial charge is 0.0308 e. The number of hydrogen-bond acceptors (Lipinski definition) is 2. The van der Waals surface area contributed by atoms with E-state index in [0.717, 1.165) is 11.8 Å². The average molecular weight is 264 g/mol. The summed E-state index contributed by atoms with van der Waals surface area (Å²) in [5.74, 6) is 2.03. The Hall–Kier alpha value is -0.0800. The molecule has 3 rings (SSSR count). The van der Waals surface area contributed by atoms with Gasteiger partial charge < -0.3 is 10.2 Å². The first kappa shape index (κ1) is 13.9. The Balaban J connectivity index is 1.43. The molecular weight excluding hydrogens is 232 g/mol. The van der Waals surface area contributed by atoms with Crippen molar-refractivity contribution in [3.05, 3.63) is 0 Å². The van der Waals surface area contributed by atoms with Crippen LogP contribution in [-0.2, 0) is 0 Å². The lowest BCUT2D eigenvalue weighted by Crippen LogP contribution is -2.51. The summed E-state index contributed by atoms with van der Waals surface area (Å²) in [6.45, 7) is 7.66. The summed E-state index contributed by atoms with van der Waals surface area (Å²) in [4.78, 5) is 2.76. The highest BCUT2D eigenvalue weighted by Gasteiger charge is 2.42. The maximum atomic E-state index is 3.84. The quantitative estimate of drug-likeness (QED) is 0.818. The molecular formula is C17H32N2. The van der Waals surface area contributed by atoms with E-state index in [-0.39, 0.29) is 0 Å². The predicted octanol–water partition coefficient (Wildman–Crippen LogP) is 3.42. The molecule has 19 heavy (non-hydrogen) atoms. The van der Waals surface area contributed by atoms with Gasteiger partial charge in [0.05, 0.1) is 0 Å². The lowest BCUT2D eigenvalue weighted by Gasteiger charge is -2.34. The van der Waals surface area contributed by atoms with Crippen molar-refractivity contribution in [1.29, 1.82) is 0 Å². The van der Waals surface area contributed by atoms with Crippen LogP contribution in [0.15, 0.2) is 0 Å².